The number of carbonyl (C=O) groups excluding carboxylic acids is 1. The van der Waals surface area contributed by atoms with Gasteiger partial charge in [0.15, 0.2) is 0 Å². The quantitative estimate of drug-likeness (QED) is 0.709. The van der Waals surface area contributed by atoms with Gasteiger partial charge in [0.05, 0.1) is 7.11 Å². The lowest BCUT2D eigenvalue weighted by Gasteiger charge is -2.43. The second kappa shape index (κ2) is 4.94. The molecule has 92 valence electrons. The van der Waals surface area contributed by atoms with Gasteiger partial charge in [-0.15, -0.1) is 0 Å². The van der Waals surface area contributed by atoms with E-state index in [1.165, 1.54) is 7.11 Å². The molecule has 0 amide bonds. The molecule has 0 aromatic rings. The van der Waals surface area contributed by atoms with Crippen LogP contribution in [0, 0.1) is 0 Å². The van der Waals surface area contributed by atoms with Crippen LogP contribution in [0.25, 0.3) is 0 Å². The lowest BCUT2D eigenvalue weighted by molar-refractivity contribution is -0.155. The van der Waals surface area contributed by atoms with Crippen LogP contribution in [-0.4, -0.2) is 60.7 Å². The summed E-state index contributed by atoms with van der Waals surface area (Å²) in [6.07, 6.45) is 0.922. The van der Waals surface area contributed by atoms with Gasteiger partial charge < -0.3 is 10.1 Å². The van der Waals surface area contributed by atoms with Gasteiger partial charge in [-0.2, -0.15) is 11.8 Å². The van der Waals surface area contributed by atoms with Crippen LogP contribution in [0.15, 0.2) is 0 Å². The minimum Gasteiger partial charge on any atom is -0.468 e. The first-order valence-corrected chi connectivity index (χ1v) is 6.92. The minimum absolute atomic E-state index is 0.0492. The van der Waals surface area contributed by atoms with Gasteiger partial charge in [-0.3, -0.25) is 9.69 Å². The third-order valence-electron chi connectivity index (χ3n) is 3.74. The van der Waals surface area contributed by atoms with Gasteiger partial charge in [0, 0.05) is 31.4 Å². The zero-order valence-electron chi connectivity index (χ0n) is 9.99. The minimum atomic E-state index is -0.373. The Labute approximate surface area is 101 Å². The van der Waals surface area contributed by atoms with Gasteiger partial charge in [-0.05, 0) is 12.2 Å². The highest BCUT2D eigenvalue weighted by atomic mass is 32.2. The molecule has 2 unspecified atom stereocenters. The number of esters is 1. The second-order valence-corrected chi connectivity index (χ2v) is 5.86. The van der Waals surface area contributed by atoms with Gasteiger partial charge in [0.25, 0.3) is 0 Å². The Balaban J connectivity index is 2.22. The molecule has 0 bridgehead atoms. The zero-order valence-corrected chi connectivity index (χ0v) is 10.8. The van der Waals surface area contributed by atoms with E-state index in [1.807, 2.05) is 11.8 Å². The summed E-state index contributed by atoms with van der Waals surface area (Å²) >= 11 is 1.88. The Bertz CT molecular complexity index is 269. The van der Waals surface area contributed by atoms with E-state index in [0.717, 1.165) is 38.4 Å². The molecule has 0 radical (unpaired) electrons. The molecule has 2 atom stereocenters. The molecule has 2 fully saturated rings. The van der Waals surface area contributed by atoms with Crippen LogP contribution in [0.2, 0.25) is 0 Å². The van der Waals surface area contributed by atoms with E-state index in [0.29, 0.717) is 5.25 Å². The summed E-state index contributed by atoms with van der Waals surface area (Å²) in [5.41, 5.74) is -0.373. The van der Waals surface area contributed by atoms with Crippen molar-refractivity contribution in [1.82, 2.24) is 10.2 Å². The fourth-order valence-corrected chi connectivity index (χ4v) is 4.21. The standard InChI is InChI=1S/C11H20N2O2S/c1-9-11(3-8-16-9,10(14)15-2)13-6-4-12-5-7-13/h9,12H,3-8H2,1-2H3. The number of carbonyl (C=O) groups is 1. The number of hydrogen-bond acceptors (Lipinski definition) is 5. The number of ether oxygens (including phenoxy) is 1. The molecule has 5 heteroatoms. The summed E-state index contributed by atoms with van der Waals surface area (Å²) in [7, 11) is 1.50. The summed E-state index contributed by atoms with van der Waals surface area (Å²) in [5, 5.41) is 3.66. The number of piperazine rings is 1. The molecule has 0 aromatic heterocycles. The van der Waals surface area contributed by atoms with Crippen LogP contribution < -0.4 is 5.32 Å². The molecule has 1 N–H and O–H groups in total. The van der Waals surface area contributed by atoms with Crippen molar-refractivity contribution in [3.8, 4) is 0 Å². The second-order valence-electron chi connectivity index (χ2n) is 4.42. The van der Waals surface area contributed by atoms with Crippen LogP contribution in [0.4, 0.5) is 0 Å². The highest BCUT2D eigenvalue weighted by Crippen LogP contribution is 2.41. The van der Waals surface area contributed by atoms with E-state index in [4.69, 9.17) is 4.74 Å². The first-order chi connectivity index (χ1) is 7.71. The molecule has 2 aliphatic heterocycles. The lowest BCUT2D eigenvalue weighted by Crippen LogP contribution is -2.63. The molecule has 2 saturated heterocycles. The van der Waals surface area contributed by atoms with Crippen LogP contribution in [0.3, 0.4) is 0 Å². The Morgan fingerprint density at radius 2 is 2.19 bits per heavy atom. The first kappa shape index (κ1) is 12.2. The lowest BCUT2D eigenvalue weighted by atomic mass is 9.89. The summed E-state index contributed by atoms with van der Waals surface area (Å²) in [6, 6.07) is 0. The molecule has 4 nitrogen and oxygen atoms in total. The van der Waals surface area contributed by atoms with E-state index < -0.39 is 0 Å². The van der Waals surface area contributed by atoms with Crippen molar-refractivity contribution < 1.29 is 9.53 Å². The first-order valence-electron chi connectivity index (χ1n) is 5.87. The molecule has 0 aromatic carbocycles. The van der Waals surface area contributed by atoms with Crippen molar-refractivity contribution in [2.45, 2.75) is 24.1 Å². The van der Waals surface area contributed by atoms with Crippen molar-refractivity contribution >= 4 is 17.7 Å². The molecule has 16 heavy (non-hydrogen) atoms. The molecular formula is C11H20N2O2S. The Hall–Kier alpha value is -0.260. The van der Waals surface area contributed by atoms with Gasteiger partial charge in [0.2, 0.25) is 0 Å². The fraction of sp³-hybridized carbons (Fsp3) is 0.909. The number of nitrogens with one attached hydrogen (secondary N) is 1. The van der Waals surface area contributed by atoms with Gasteiger partial charge >= 0.3 is 5.97 Å². The molecule has 0 spiro atoms. The molecular weight excluding hydrogens is 224 g/mol. The van der Waals surface area contributed by atoms with E-state index >= 15 is 0 Å². The summed E-state index contributed by atoms with van der Waals surface area (Å²) in [5.74, 6) is 1.01. The highest BCUT2D eigenvalue weighted by Gasteiger charge is 2.52. The Morgan fingerprint density at radius 1 is 1.50 bits per heavy atom. The third kappa shape index (κ3) is 1.85. The molecule has 2 heterocycles. The number of hydrogen-bond donors (Lipinski definition) is 1. The van der Waals surface area contributed by atoms with Gasteiger partial charge in [-0.1, -0.05) is 6.92 Å². The predicted octanol–water partition coefficient (Wildman–Crippen LogP) is 0.329. The summed E-state index contributed by atoms with van der Waals surface area (Å²) in [4.78, 5) is 14.5. The van der Waals surface area contributed by atoms with E-state index in [1.54, 1.807) is 0 Å². The Kier molecular flexibility index (Phi) is 3.77. The third-order valence-corrected chi connectivity index (χ3v) is 5.07. The number of methoxy groups -OCH3 is 1. The van der Waals surface area contributed by atoms with Crippen molar-refractivity contribution in [2.24, 2.45) is 0 Å². The van der Waals surface area contributed by atoms with Crippen molar-refractivity contribution in [3.63, 3.8) is 0 Å². The van der Waals surface area contributed by atoms with Gasteiger partial charge in [0.1, 0.15) is 5.54 Å². The summed E-state index contributed by atoms with van der Waals surface area (Å²) < 4.78 is 5.05. The zero-order chi connectivity index (χ0) is 11.6. The Morgan fingerprint density at radius 3 is 2.69 bits per heavy atom. The average molecular weight is 244 g/mol. The molecule has 0 saturated carbocycles. The topological polar surface area (TPSA) is 41.6 Å². The van der Waals surface area contributed by atoms with E-state index in [2.05, 4.69) is 17.1 Å². The monoisotopic (exact) mass is 244 g/mol. The van der Waals surface area contributed by atoms with Crippen molar-refractivity contribution in [2.75, 3.05) is 39.0 Å². The summed E-state index contributed by atoms with van der Waals surface area (Å²) in [6.45, 7) is 5.98. The number of nitrogens with zero attached hydrogens (tertiary/aromatic N) is 1. The van der Waals surface area contributed by atoms with E-state index in [-0.39, 0.29) is 11.5 Å². The maximum absolute atomic E-state index is 12.1. The maximum atomic E-state index is 12.1. The van der Waals surface area contributed by atoms with Crippen LogP contribution in [-0.2, 0) is 9.53 Å². The largest absolute Gasteiger partial charge is 0.468 e. The predicted molar refractivity (Wildman–Crippen MR) is 65.7 cm³/mol. The van der Waals surface area contributed by atoms with Gasteiger partial charge in [-0.25, -0.2) is 0 Å². The van der Waals surface area contributed by atoms with Crippen LogP contribution in [0.5, 0.6) is 0 Å². The smallest absolute Gasteiger partial charge is 0.327 e. The normalized spacial score (nSPS) is 36.2. The fourth-order valence-electron chi connectivity index (χ4n) is 2.79. The molecule has 0 aliphatic carbocycles. The van der Waals surface area contributed by atoms with Crippen LogP contribution in [0.1, 0.15) is 13.3 Å². The highest BCUT2D eigenvalue weighted by molar-refractivity contribution is 8.00. The number of thioether (sulfide) groups is 1. The van der Waals surface area contributed by atoms with Crippen molar-refractivity contribution in [3.05, 3.63) is 0 Å². The van der Waals surface area contributed by atoms with Crippen molar-refractivity contribution in [1.29, 1.82) is 0 Å². The SMILES string of the molecule is COC(=O)C1(N2CCNCC2)CCSC1C. The average Bonchev–Trinajstić information content (AvgIpc) is 2.72. The number of rotatable bonds is 2. The molecule has 2 rings (SSSR count). The maximum Gasteiger partial charge on any atom is 0.327 e. The van der Waals surface area contributed by atoms with E-state index in [9.17, 15) is 4.79 Å². The molecule has 2 aliphatic rings. The van der Waals surface area contributed by atoms with Crippen LogP contribution >= 0.6 is 11.8 Å².